The summed E-state index contributed by atoms with van der Waals surface area (Å²) in [6.07, 6.45) is 0. The first-order valence-corrected chi connectivity index (χ1v) is 40.5. The molecule has 0 amide bonds. The van der Waals surface area contributed by atoms with Crippen LogP contribution in [0.25, 0.3) is 199 Å². The van der Waals surface area contributed by atoms with Gasteiger partial charge in [-0.15, -0.1) is 0 Å². The van der Waals surface area contributed by atoms with Gasteiger partial charge in [0.2, 0.25) is 0 Å². The number of hydrogen-bond acceptors (Lipinski definition) is 6. The van der Waals surface area contributed by atoms with E-state index in [1.54, 1.807) is 0 Å². The van der Waals surface area contributed by atoms with Crippen LogP contribution < -0.4 is 0 Å². The van der Waals surface area contributed by atoms with Crippen LogP contribution in [-0.4, -0.2) is 29.9 Å². The molecule has 3 heterocycles. The molecule has 0 spiro atoms. The maximum absolute atomic E-state index is 5.20. The van der Waals surface area contributed by atoms with Crippen LogP contribution in [-0.2, 0) is 10.8 Å². The van der Waals surface area contributed by atoms with Crippen LogP contribution in [0, 0.1) is 0 Å². The average Bonchev–Trinajstić information content (AvgIpc) is 1.57. The molecule has 0 atom stereocenters. The molecule has 0 N–H and O–H groups in total. The van der Waals surface area contributed by atoms with E-state index in [4.69, 9.17) is 29.9 Å². The van der Waals surface area contributed by atoms with Gasteiger partial charge in [-0.05, 0) is 176 Å². The Labute approximate surface area is 685 Å². The van der Waals surface area contributed by atoms with Crippen molar-refractivity contribution < 1.29 is 0 Å². The minimum absolute atomic E-state index is 0.0547. The van der Waals surface area contributed by atoms with Crippen molar-refractivity contribution in [2.24, 2.45) is 0 Å². The van der Waals surface area contributed by atoms with Crippen LogP contribution in [0.1, 0.15) is 49.9 Å². The molecule has 0 fully saturated rings. The van der Waals surface area contributed by atoms with Crippen molar-refractivity contribution in [2.75, 3.05) is 0 Å². The Hall–Kier alpha value is -15.0. The molecular weight excluding hydrogens is 1430 g/mol. The van der Waals surface area contributed by atoms with Crippen molar-refractivity contribution in [3.05, 3.63) is 423 Å². The number of para-hydroxylation sites is 3. The van der Waals surface area contributed by atoms with Gasteiger partial charge < -0.3 is 0 Å². The lowest BCUT2D eigenvalue weighted by Crippen LogP contribution is -2.15. The minimum atomic E-state index is -0.107. The molecule has 6 heteroatoms. The standard InChI is InChI=1S/C39H28N2.C38H24N2.C35H26N2/c1-39(2)34-24-30(20-21-31(34)33-22-28-12-6-7-13-29(28)23-35(33)39)37-32-14-8-9-15-36(32)40-38(41-37)27-18-16-26(17-19-27)25-10-4-3-5-11-25;1-2-9-29-23-30(19-15-25(29)7-1)26-13-17-28(18-14-26)38-39-36-12-6-5-11-35(36)37(40-38)32-21-22-34-31(24-32)20-16-27-8-3-4-10-33(27)34;1-35(2)30-14-8-6-12-27(30)28-21-20-26(22-31(28)35)33-29-13-7-9-15-32(29)36-34(37-33)25-18-16-24(17-19-25)23-10-4-3-5-11-23/h3-24H,1-2H3;1-24H;3-22H,1-2H3. The monoisotopic (exact) mass is 1510 g/mol. The predicted octanol–water partition coefficient (Wildman–Crippen LogP) is 29.1. The largest absolute Gasteiger partial charge is 0.228 e. The van der Waals surface area contributed by atoms with Gasteiger partial charge in [-0.2, -0.15) is 0 Å². The maximum Gasteiger partial charge on any atom is 0.160 e. The lowest BCUT2D eigenvalue weighted by Gasteiger charge is -2.22. The minimum Gasteiger partial charge on any atom is -0.228 e. The van der Waals surface area contributed by atoms with E-state index >= 15 is 0 Å². The van der Waals surface area contributed by atoms with Crippen LogP contribution in [0.4, 0.5) is 0 Å². The van der Waals surface area contributed by atoms with Crippen molar-refractivity contribution in [3.63, 3.8) is 0 Å². The molecule has 2 aliphatic carbocycles. The fraction of sp³-hybridized carbons (Fsp3) is 0.0536. The molecule has 118 heavy (non-hydrogen) atoms. The molecule has 6 nitrogen and oxygen atoms in total. The smallest absolute Gasteiger partial charge is 0.160 e. The third-order valence-electron chi connectivity index (χ3n) is 24.2. The Kier molecular flexibility index (Phi) is 17.5. The molecule has 0 radical (unpaired) electrons. The highest BCUT2D eigenvalue weighted by atomic mass is 14.9. The quantitative estimate of drug-likeness (QED) is 0.134. The van der Waals surface area contributed by atoms with Gasteiger partial charge in [0.1, 0.15) is 0 Å². The highest BCUT2D eigenvalue weighted by molar-refractivity contribution is 6.09. The van der Waals surface area contributed by atoms with E-state index in [1.807, 2.05) is 24.3 Å². The van der Waals surface area contributed by atoms with Crippen LogP contribution in [0.2, 0.25) is 0 Å². The Morgan fingerprint density at radius 3 is 0.983 bits per heavy atom. The third kappa shape index (κ3) is 12.8. The van der Waals surface area contributed by atoms with E-state index in [1.165, 1.54) is 121 Å². The second-order valence-corrected chi connectivity index (χ2v) is 32.0. The number of benzene rings is 18. The van der Waals surface area contributed by atoms with E-state index in [9.17, 15) is 0 Å². The summed E-state index contributed by atoms with van der Waals surface area (Å²) >= 11 is 0. The highest BCUT2D eigenvalue weighted by Gasteiger charge is 2.38. The fourth-order valence-corrected chi connectivity index (χ4v) is 17.9. The maximum atomic E-state index is 5.20. The zero-order chi connectivity index (χ0) is 79.0. The number of fused-ring (bicyclic) bond motifs is 14. The second kappa shape index (κ2) is 29.1. The van der Waals surface area contributed by atoms with Crippen molar-refractivity contribution in [1.82, 2.24) is 29.9 Å². The molecule has 2 aliphatic rings. The first-order chi connectivity index (χ1) is 57.9. The highest BCUT2D eigenvalue weighted by Crippen LogP contribution is 2.53. The van der Waals surface area contributed by atoms with Crippen molar-refractivity contribution in [1.29, 1.82) is 0 Å². The Morgan fingerprint density at radius 1 is 0.161 bits per heavy atom. The summed E-state index contributed by atoms with van der Waals surface area (Å²) in [5.74, 6) is 2.22. The van der Waals surface area contributed by atoms with Crippen molar-refractivity contribution in [2.45, 2.75) is 38.5 Å². The topological polar surface area (TPSA) is 77.3 Å². The molecule has 0 unspecified atom stereocenters. The lowest BCUT2D eigenvalue weighted by molar-refractivity contribution is 0.660. The summed E-state index contributed by atoms with van der Waals surface area (Å²) in [5.41, 5.74) is 29.9. The molecule has 0 bridgehead atoms. The summed E-state index contributed by atoms with van der Waals surface area (Å²) in [4.78, 5) is 30.4. The number of aromatic nitrogens is 6. The van der Waals surface area contributed by atoms with Crippen LogP contribution in [0.15, 0.2) is 400 Å². The molecular formula is C112H78N6. The SMILES string of the molecule is CC1(C)c2cc(-c3nc(-c4ccc(-c5ccccc5)cc4)nc4ccccc34)ccc2-c2cc3ccccc3cc21.CC1(C)c2ccccc2-c2ccc(-c3nc(-c4ccc(-c5ccccc5)cc4)nc4ccccc34)cc21.c1ccc2cc(-c3ccc(-c4nc(-c5ccc6c(ccc7ccccc76)c5)c5ccccc5n4)cc3)ccc2c1. The van der Waals surface area contributed by atoms with Gasteiger partial charge >= 0.3 is 0 Å². The molecule has 0 saturated heterocycles. The zero-order valence-electron chi connectivity index (χ0n) is 65.8. The molecule has 3 aromatic heterocycles. The van der Waals surface area contributed by atoms with Gasteiger partial charge in [-0.1, -0.05) is 373 Å². The van der Waals surface area contributed by atoms with Crippen molar-refractivity contribution in [3.8, 4) is 124 Å². The Bertz CT molecular complexity index is 7520. The summed E-state index contributed by atoms with van der Waals surface area (Å²) in [6.45, 7) is 9.32. The first-order valence-electron chi connectivity index (χ1n) is 40.5. The van der Waals surface area contributed by atoms with Crippen LogP contribution in [0.3, 0.4) is 0 Å². The predicted molar refractivity (Wildman–Crippen MR) is 493 cm³/mol. The third-order valence-corrected chi connectivity index (χ3v) is 24.2. The fourth-order valence-electron chi connectivity index (χ4n) is 17.9. The molecule has 0 saturated carbocycles. The molecule has 18 aromatic carbocycles. The average molecular weight is 1510 g/mol. The normalized spacial score (nSPS) is 12.7. The van der Waals surface area contributed by atoms with E-state index in [0.717, 1.165) is 101 Å². The van der Waals surface area contributed by atoms with Crippen molar-refractivity contribution >= 4 is 75.8 Å². The van der Waals surface area contributed by atoms with E-state index in [-0.39, 0.29) is 10.8 Å². The van der Waals surface area contributed by atoms with Gasteiger partial charge in [0.25, 0.3) is 0 Å². The molecule has 556 valence electrons. The van der Waals surface area contributed by atoms with Gasteiger partial charge in [0, 0.05) is 60.4 Å². The second-order valence-electron chi connectivity index (χ2n) is 32.0. The van der Waals surface area contributed by atoms with E-state index in [2.05, 4.69) is 404 Å². The van der Waals surface area contributed by atoms with Gasteiger partial charge in [-0.3, -0.25) is 0 Å². The van der Waals surface area contributed by atoms with Crippen LogP contribution in [0.5, 0.6) is 0 Å². The van der Waals surface area contributed by atoms with Gasteiger partial charge in [0.15, 0.2) is 17.5 Å². The lowest BCUT2D eigenvalue weighted by atomic mass is 9.81. The van der Waals surface area contributed by atoms with Gasteiger partial charge in [-0.25, -0.2) is 29.9 Å². The molecule has 21 aromatic rings. The Balaban J connectivity index is 0.000000110. The zero-order valence-corrected chi connectivity index (χ0v) is 65.8. The number of rotatable bonds is 9. The summed E-state index contributed by atoms with van der Waals surface area (Å²) in [7, 11) is 0. The first kappa shape index (κ1) is 70.9. The van der Waals surface area contributed by atoms with E-state index < -0.39 is 0 Å². The van der Waals surface area contributed by atoms with E-state index in [0.29, 0.717) is 0 Å². The van der Waals surface area contributed by atoms with Gasteiger partial charge in [0.05, 0.1) is 33.6 Å². The van der Waals surface area contributed by atoms with Crippen LogP contribution >= 0.6 is 0 Å². The summed E-state index contributed by atoms with van der Waals surface area (Å²) < 4.78 is 0. The molecule has 23 rings (SSSR count). The molecule has 0 aliphatic heterocycles. The number of hydrogen-bond donors (Lipinski definition) is 0. The Morgan fingerprint density at radius 2 is 0.466 bits per heavy atom. The summed E-state index contributed by atoms with van der Waals surface area (Å²) in [6, 6.07) is 142. The number of nitrogens with zero attached hydrogens (tertiary/aromatic N) is 6. The summed E-state index contributed by atoms with van der Waals surface area (Å²) in [5, 5.41) is 13.2.